The second kappa shape index (κ2) is 13.9. The molecule has 0 bridgehead atoms. The molecule has 1 aromatic rings. The Balaban J connectivity index is 2.40. The summed E-state index contributed by atoms with van der Waals surface area (Å²) in [6.45, 7) is 5.82. The van der Waals surface area contributed by atoms with Crippen molar-refractivity contribution in [3.63, 3.8) is 0 Å². The number of aldehydes is 1. The molecule has 0 amide bonds. The molecule has 136 valence electrons. The van der Waals surface area contributed by atoms with E-state index in [-0.39, 0.29) is 0 Å². The van der Waals surface area contributed by atoms with Gasteiger partial charge in [-0.05, 0) is 31.0 Å². The van der Waals surface area contributed by atoms with E-state index in [1.54, 1.807) is 12.1 Å². The van der Waals surface area contributed by atoms with E-state index >= 15 is 0 Å². The molecule has 0 aliphatic rings. The van der Waals surface area contributed by atoms with Crippen molar-refractivity contribution < 1.29 is 14.3 Å². The third kappa shape index (κ3) is 8.95. The first kappa shape index (κ1) is 20.5. The van der Waals surface area contributed by atoms with Crippen LogP contribution in [0.3, 0.4) is 0 Å². The lowest BCUT2D eigenvalue weighted by Gasteiger charge is -2.13. The molecule has 0 aromatic heterocycles. The molecule has 1 aromatic carbocycles. The molecule has 1 rings (SSSR count). The highest BCUT2D eigenvalue weighted by molar-refractivity contribution is 5.76. The molecule has 24 heavy (non-hydrogen) atoms. The first-order chi connectivity index (χ1) is 11.8. The van der Waals surface area contributed by atoms with Crippen molar-refractivity contribution in [1.29, 1.82) is 0 Å². The lowest BCUT2D eigenvalue weighted by atomic mass is 10.1. The number of unbranched alkanes of at least 4 members (excludes halogenated alkanes) is 8. The van der Waals surface area contributed by atoms with Gasteiger partial charge in [0.05, 0.1) is 13.2 Å². The summed E-state index contributed by atoms with van der Waals surface area (Å²) in [5.41, 5.74) is 0.631. The fourth-order valence-electron chi connectivity index (χ4n) is 2.61. The first-order valence-corrected chi connectivity index (χ1v) is 9.66. The molecule has 3 nitrogen and oxygen atoms in total. The second-order valence-corrected chi connectivity index (χ2v) is 6.35. The van der Waals surface area contributed by atoms with Gasteiger partial charge in [-0.15, -0.1) is 0 Å². The summed E-state index contributed by atoms with van der Waals surface area (Å²) < 4.78 is 11.7. The van der Waals surface area contributed by atoms with Crippen LogP contribution >= 0.6 is 0 Å². The van der Waals surface area contributed by atoms with Gasteiger partial charge >= 0.3 is 0 Å². The highest BCUT2D eigenvalue weighted by atomic mass is 16.5. The number of hydrogen-bond donors (Lipinski definition) is 0. The maximum absolute atomic E-state index is 11.0. The predicted molar refractivity (Wildman–Crippen MR) is 100 cm³/mol. The minimum Gasteiger partial charge on any atom is -0.490 e. The van der Waals surface area contributed by atoms with Gasteiger partial charge in [0.2, 0.25) is 0 Å². The molecule has 0 saturated carbocycles. The predicted octanol–water partition coefficient (Wildman–Crippen LogP) is 6.20. The number of carbonyl (C=O) groups excluding carboxylic acids is 1. The third-order valence-electron chi connectivity index (χ3n) is 4.11. The molecule has 0 radical (unpaired) electrons. The van der Waals surface area contributed by atoms with Crippen LogP contribution in [0.5, 0.6) is 11.5 Å². The quantitative estimate of drug-likeness (QED) is 0.283. The van der Waals surface area contributed by atoms with Crippen molar-refractivity contribution >= 4 is 6.29 Å². The first-order valence-electron chi connectivity index (χ1n) is 9.66. The average molecular weight is 335 g/mol. The zero-order valence-corrected chi connectivity index (χ0v) is 15.5. The average Bonchev–Trinajstić information content (AvgIpc) is 2.61. The van der Waals surface area contributed by atoms with Crippen LogP contribution in [0.15, 0.2) is 18.2 Å². The summed E-state index contributed by atoms with van der Waals surface area (Å²) in [5.74, 6) is 1.45. The van der Waals surface area contributed by atoms with E-state index in [4.69, 9.17) is 9.47 Å². The lowest BCUT2D eigenvalue weighted by Crippen LogP contribution is -2.03. The summed E-state index contributed by atoms with van der Waals surface area (Å²) >= 11 is 0. The summed E-state index contributed by atoms with van der Waals surface area (Å²) in [6.07, 6.45) is 13.0. The fraction of sp³-hybridized carbons (Fsp3) is 0.667. The summed E-state index contributed by atoms with van der Waals surface area (Å²) in [7, 11) is 0. The van der Waals surface area contributed by atoms with Crippen LogP contribution in [0, 0.1) is 0 Å². The van der Waals surface area contributed by atoms with Crippen LogP contribution in [-0.4, -0.2) is 19.5 Å². The van der Waals surface area contributed by atoms with Crippen molar-refractivity contribution in [2.75, 3.05) is 13.2 Å². The van der Waals surface area contributed by atoms with Crippen LogP contribution < -0.4 is 9.47 Å². The van der Waals surface area contributed by atoms with Crippen molar-refractivity contribution in [2.24, 2.45) is 0 Å². The van der Waals surface area contributed by atoms with Gasteiger partial charge in [-0.2, -0.15) is 0 Å². The zero-order chi connectivity index (χ0) is 17.5. The van der Waals surface area contributed by atoms with Crippen molar-refractivity contribution in [3.8, 4) is 11.5 Å². The SMILES string of the molecule is CCCCCCCOc1ccc(C=O)cc1OCCCCCCC. The van der Waals surface area contributed by atoms with Crippen LogP contribution in [0.25, 0.3) is 0 Å². The van der Waals surface area contributed by atoms with E-state index in [1.807, 2.05) is 6.07 Å². The van der Waals surface area contributed by atoms with E-state index < -0.39 is 0 Å². The molecule has 0 fully saturated rings. The van der Waals surface area contributed by atoms with Crippen LogP contribution in [0.1, 0.15) is 88.4 Å². The Kier molecular flexibility index (Phi) is 11.9. The summed E-state index contributed by atoms with van der Waals surface area (Å²) in [6, 6.07) is 5.42. The van der Waals surface area contributed by atoms with Gasteiger partial charge < -0.3 is 9.47 Å². The van der Waals surface area contributed by atoms with Gasteiger partial charge in [0.15, 0.2) is 11.5 Å². The molecular formula is C21H34O3. The summed E-state index contributed by atoms with van der Waals surface area (Å²) in [5, 5.41) is 0. The number of hydrogen-bond acceptors (Lipinski definition) is 3. The standard InChI is InChI=1S/C21H34O3/c1-3-5-7-9-11-15-23-20-14-13-19(18-22)17-21(20)24-16-12-10-8-6-4-2/h13-14,17-18H,3-12,15-16H2,1-2H3. The van der Waals surface area contributed by atoms with Crippen molar-refractivity contribution in [3.05, 3.63) is 23.8 Å². The minimum atomic E-state index is 0.631. The van der Waals surface area contributed by atoms with Gasteiger partial charge in [0, 0.05) is 5.56 Å². The molecule has 0 heterocycles. The fourth-order valence-corrected chi connectivity index (χ4v) is 2.61. The Morgan fingerprint density at radius 2 is 1.29 bits per heavy atom. The van der Waals surface area contributed by atoms with Gasteiger partial charge in [-0.1, -0.05) is 65.2 Å². The Bertz CT molecular complexity index is 443. The van der Waals surface area contributed by atoms with Crippen molar-refractivity contribution in [2.45, 2.75) is 78.1 Å². The molecule has 0 aliphatic heterocycles. The van der Waals surface area contributed by atoms with Gasteiger partial charge in [0.1, 0.15) is 6.29 Å². The highest BCUT2D eigenvalue weighted by Gasteiger charge is 2.07. The monoisotopic (exact) mass is 334 g/mol. The zero-order valence-electron chi connectivity index (χ0n) is 15.5. The Hall–Kier alpha value is -1.51. The maximum atomic E-state index is 11.0. The van der Waals surface area contributed by atoms with Crippen molar-refractivity contribution in [1.82, 2.24) is 0 Å². The lowest BCUT2D eigenvalue weighted by molar-refractivity contribution is 0.112. The molecule has 0 spiro atoms. The number of ether oxygens (including phenoxy) is 2. The van der Waals surface area contributed by atoms with Crippen LogP contribution in [-0.2, 0) is 0 Å². The van der Waals surface area contributed by atoms with Crippen LogP contribution in [0.4, 0.5) is 0 Å². The van der Waals surface area contributed by atoms with Gasteiger partial charge in [-0.25, -0.2) is 0 Å². The maximum Gasteiger partial charge on any atom is 0.161 e. The smallest absolute Gasteiger partial charge is 0.161 e. The Labute approximate surface area is 147 Å². The molecule has 3 heteroatoms. The largest absolute Gasteiger partial charge is 0.490 e. The van der Waals surface area contributed by atoms with E-state index in [9.17, 15) is 4.79 Å². The summed E-state index contributed by atoms with van der Waals surface area (Å²) in [4.78, 5) is 11.0. The molecule has 0 atom stereocenters. The Morgan fingerprint density at radius 3 is 1.83 bits per heavy atom. The van der Waals surface area contributed by atoms with E-state index in [2.05, 4.69) is 13.8 Å². The van der Waals surface area contributed by atoms with E-state index in [1.165, 1.54) is 51.4 Å². The second-order valence-electron chi connectivity index (χ2n) is 6.35. The normalized spacial score (nSPS) is 10.6. The Morgan fingerprint density at radius 1 is 0.750 bits per heavy atom. The molecular weight excluding hydrogens is 300 g/mol. The molecule has 0 N–H and O–H groups in total. The molecule has 0 aliphatic carbocycles. The number of benzene rings is 1. The number of rotatable bonds is 15. The van der Waals surface area contributed by atoms with Gasteiger partial charge in [-0.3, -0.25) is 4.79 Å². The highest BCUT2D eigenvalue weighted by Crippen LogP contribution is 2.28. The molecule has 0 saturated heterocycles. The third-order valence-corrected chi connectivity index (χ3v) is 4.11. The van der Waals surface area contributed by atoms with E-state index in [0.717, 1.165) is 24.9 Å². The topological polar surface area (TPSA) is 35.5 Å². The number of carbonyl (C=O) groups is 1. The van der Waals surface area contributed by atoms with Gasteiger partial charge in [0.25, 0.3) is 0 Å². The van der Waals surface area contributed by atoms with E-state index in [0.29, 0.717) is 24.5 Å². The molecule has 0 unspecified atom stereocenters. The minimum absolute atomic E-state index is 0.631. The van der Waals surface area contributed by atoms with Crippen LogP contribution in [0.2, 0.25) is 0 Å².